The van der Waals surface area contributed by atoms with E-state index in [9.17, 15) is 13.2 Å². The van der Waals surface area contributed by atoms with E-state index < -0.39 is 24.6 Å². The van der Waals surface area contributed by atoms with Crippen LogP contribution in [0.5, 0.6) is 0 Å². The molecule has 0 saturated heterocycles. The highest BCUT2D eigenvalue weighted by molar-refractivity contribution is 5.86. The first-order valence-electron chi connectivity index (χ1n) is 10.0. The average Bonchev–Trinajstić information content (AvgIpc) is 2.66. The van der Waals surface area contributed by atoms with Gasteiger partial charge in [-0.3, -0.25) is 0 Å². The zero-order valence-corrected chi connectivity index (χ0v) is 15.4. The van der Waals surface area contributed by atoms with Gasteiger partial charge in [0, 0.05) is 10.2 Å². The Morgan fingerprint density at radius 2 is 1.74 bits per heavy atom. The van der Waals surface area contributed by atoms with Gasteiger partial charge in [-0.2, -0.15) is 13.2 Å². The van der Waals surface area contributed by atoms with Gasteiger partial charge < -0.3 is 5.32 Å². The van der Waals surface area contributed by atoms with E-state index in [1.807, 2.05) is 36.4 Å². The fraction of sp³-hybridized carbons (Fsp3) is 0.273. The monoisotopic (exact) mass is 396 g/mol. The van der Waals surface area contributed by atoms with E-state index in [2.05, 4.69) is 5.32 Å². The minimum atomic E-state index is -4.37. The van der Waals surface area contributed by atoms with Gasteiger partial charge in [-0.1, -0.05) is 60.7 Å². The van der Waals surface area contributed by atoms with Crippen LogP contribution in [0, 0.1) is 0 Å². The SMILES string of the molecule is Cl.[2H]C([2H])([2H])[C@H](NCCCc1cccc(C(F)(F)F)c1)c1cccc2ccccc12. The number of rotatable bonds is 6. The third kappa shape index (κ3) is 5.47. The number of alkyl halides is 3. The molecule has 1 nitrogen and oxygen atoms in total. The first kappa shape index (κ1) is 17.1. The Hall–Kier alpha value is -2.04. The van der Waals surface area contributed by atoms with Crippen molar-refractivity contribution in [2.24, 2.45) is 0 Å². The highest BCUT2D eigenvalue weighted by atomic mass is 35.5. The highest BCUT2D eigenvalue weighted by Gasteiger charge is 2.30. The van der Waals surface area contributed by atoms with Crippen LogP contribution in [0.15, 0.2) is 66.7 Å². The summed E-state index contributed by atoms with van der Waals surface area (Å²) in [6.07, 6.45) is -3.41. The molecule has 3 aromatic carbocycles. The smallest absolute Gasteiger partial charge is 0.310 e. The van der Waals surface area contributed by atoms with Gasteiger partial charge in [-0.15, -0.1) is 12.4 Å². The van der Waals surface area contributed by atoms with Gasteiger partial charge in [-0.05, 0) is 54.2 Å². The lowest BCUT2D eigenvalue weighted by molar-refractivity contribution is -0.137. The molecule has 0 spiro atoms. The number of hydrogen-bond donors (Lipinski definition) is 1. The molecule has 3 aromatic rings. The first-order valence-corrected chi connectivity index (χ1v) is 8.53. The van der Waals surface area contributed by atoms with Crippen LogP contribution >= 0.6 is 12.4 Å². The average molecular weight is 397 g/mol. The molecular formula is C22H23ClF3N. The minimum Gasteiger partial charge on any atom is -0.310 e. The normalized spacial score (nSPS) is 14.7. The predicted octanol–water partition coefficient (Wildman–Crippen LogP) is 6.56. The maximum absolute atomic E-state index is 12.8. The van der Waals surface area contributed by atoms with Crippen molar-refractivity contribution in [1.82, 2.24) is 5.32 Å². The fourth-order valence-corrected chi connectivity index (χ4v) is 3.05. The molecule has 144 valence electrons. The Kier molecular flexibility index (Phi) is 5.85. The second-order valence-electron chi connectivity index (χ2n) is 6.26. The lowest BCUT2D eigenvalue weighted by Gasteiger charge is -2.17. The van der Waals surface area contributed by atoms with Crippen LogP contribution in [0.4, 0.5) is 13.2 Å². The Morgan fingerprint density at radius 1 is 1.00 bits per heavy atom. The molecule has 0 heterocycles. The molecule has 0 aliphatic carbocycles. The maximum Gasteiger partial charge on any atom is 0.416 e. The molecule has 0 saturated carbocycles. The largest absolute Gasteiger partial charge is 0.416 e. The van der Waals surface area contributed by atoms with Gasteiger partial charge in [0.1, 0.15) is 0 Å². The second-order valence-corrected chi connectivity index (χ2v) is 6.26. The molecule has 0 radical (unpaired) electrons. The summed E-state index contributed by atoms with van der Waals surface area (Å²) in [4.78, 5) is 0. The number of benzene rings is 3. The topological polar surface area (TPSA) is 12.0 Å². The van der Waals surface area contributed by atoms with Crippen molar-refractivity contribution in [3.8, 4) is 0 Å². The van der Waals surface area contributed by atoms with Gasteiger partial charge >= 0.3 is 6.18 Å². The summed E-state index contributed by atoms with van der Waals surface area (Å²) in [6, 6.07) is 17.6. The Bertz CT molecular complexity index is 968. The van der Waals surface area contributed by atoms with Crippen LogP contribution < -0.4 is 5.32 Å². The molecule has 0 amide bonds. The van der Waals surface area contributed by atoms with Gasteiger partial charge in [0.15, 0.2) is 0 Å². The molecule has 1 atom stereocenters. The fourth-order valence-electron chi connectivity index (χ4n) is 3.05. The van der Waals surface area contributed by atoms with Crippen molar-refractivity contribution in [1.29, 1.82) is 0 Å². The molecule has 3 rings (SSSR count). The van der Waals surface area contributed by atoms with Gasteiger partial charge in [0.2, 0.25) is 0 Å². The van der Waals surface area contributed by atoms with Crippen LogP contribution in [-0.4, -0.2) is 6.54 Å². The number of halogens is 4. The van der Waals surface area contributed by atoms with Crippen LogP contribution in [0.3, 0.4) is 0 Å². The van der Waals surface area contributed by atoms with Crippen molar-refractivity contribution < 1.29 is 17.3 Å². The van der Waals surface area contributed by atoms with E-state index in [0.717, 1.165) is 22.9 Å². The molecule has 0 unspecified atom stereocenters. The lowest BCUT2D eigenvalue weighted by Crippen LogP contribution is -2.20. The summed E-state index contributed by atoms with van der Waals surface area (Å²) < 4.78 is 62.3. The van der Waals surface area contributed by atoms with Crippen molar-refractivity contribution in [2.45, 2.75) is 31.9 Å². The summed E-state index contributed by atoms with van der Waals surface area (Å²) >= 11 is 0. The van der Waals surface area contributed by atoms with Crippen molar-refractivity contribution in [2.75, 3.05) is 6.54 Å². The standard InChI is InChI=1S/C22H22F3N.ClH/c1-16(20-13-5-10-18-9-2-3-12-21(18)20)26-14-6-8-17-7-4-11-19(15-17)22(23,24)25;/h2-5,7,9-13,15-16,26H,6,8,14H2,1H3;1H/t16-;/m0./s1/i1D3;. The quantitative estimate of drug-likeness (QED) is 0.465. The van der Waals surface area contributed by atoms with E-state index in [-0.39, 0.29) is 12.4 Å². The second kappa shape index (κ2) is 9.25. The van der Waals surface area contributed by atoms with E-state index >= 15 is 0 Å². The summed E-state index contributed by atoms with van der Waals surface area (Å²) in [6.45, 7) is -1.87. The summed E-state index contributed by atoms with van der Waals surface area (Å²) in [5, 5.41) is 4.94. The molecule has 1 N–H and O–H groups in total. The maximum atomic E-state index is 12.8. The van der Waals surface area contributed by atoms with Crippen molar-refractivity contribution in [3.05, 3.63) is 83.4 Å². The van der Waals surface area contributed by atoms with Crippen LogP contribution in [0.2, 0.25) is 0 Å². The Morgan fingerprint density at radius 3 is 2.52 bits per heavy atom. The van der Waals surface area contributed by atoms with Crippen LogP contribution in [0.25, 0.3) is 10.8 Å². The lowest BCUT2D eigenvalue weighted by atomic mass is 9.99. The zero-order valence-electron chi connectivity index (χ0n) is 17.6. The number of fused-ring (bicyclic) bond motifs is 1. The van der Waals surface area contributed by atoms with Gasteiger partial charge in [0.25, 0.3) is 0 Å². The molecule has 0 fully saturated rings. The Labute approximate surface area is 168 Å². The van der Waals surface area contributed by atoms with Crippen LogP contribution in [-0.2, 0) is 12.6 Å². The molecule has 0 aliphatic rings. The summed E-state index contributed by atoms with van der Waals surface area (Å²) in [7, 11) is 0. The van der Waals surface area contributed by atoms with E-state index in [4.69, 9.17) is 4.11 Å². The molecule has 27 heavy (non-hydrogen) atoms. The summed E-state index contributed by atoms with van der Waals surface area (Å²) in [5.74, 6) is 0. The molecule has 5 heteroatoms. The molecule has 0 bridgehead atoms. The number of aryl methyl sites for hydroxylation is 1. The molecule has 0 aromatic heterocycles. The number of nitrogens with one attached hydrogen (secondary N) is 1. The van der Waals surface area contributed by atoms with Crippen molar-refractivity contribution >= 4 is 23.2 Å². The Balaban J connectivity index is 0.00000320. The van der Waals surface area contributed by atoms with E-state index in [1.54, 1.807) is 12.1 Å². The van der Waals surface area contributed by atoms with E-state index in [1.165, 1.54) is 6.07 Å². The van der Waals surface area contributed by atoms with Gasteiger partial charge in [0.05, 0.1) is 5.56 Å². The van der Waals surface area contributed by atoms with Crippen molar-refractivity contribution in [3.63, 3.8) is 0 Å². The van der Waals surface area contributed by atoms with E-state index in [0.29, 0.717) is 30.5 Å². The highest BCUT2D eigenvalue weighted by Crippen LogP contribution is 2.29. The third-order valence-corrected chi connectivity index (χ3v) is 4.38. The predicted molar refractivity (Wildman–Crippen MR) is 107 cm³/mol. The third-order valence-electron chi connectivity index (χ3n) is 4.38. The first-order chi connectivity index (χ1) is 13.7. The van der Waals surface area contributed by atoms with Gasteiger partial charge in [-0.25, -0.2) is 0 Å². The molecular weight excluding hydrogens is 371 g/mol. The minimum absolute atomic E-state index is 0. The number of hydrogen-bond acceptors (Lipinski definition) is 1. The van der Waals surface area contributed by atoms with Crippen LogP contribution in [0.1, 0.15) is 40.1 Å². The zero-order chi connectivity index (χ0) is 21.1. The molecule has 0 aliphatic heterocycles. The summed E-state index contributed by atoms with van der Waals surface area (Å²) in [5.41, 5.74) is 0.610.